The minimum absolute atomic E-state index is 0. The zero-order chi connectivity index (χ0) is 24.0. The zero-order valence-electron chi connectivity index (χ0n) is 20.7. The molecule has 0 N–H and O–H groups in total. The van der Waals surface area contributed by atoms with Gasteiger partial charge in [-0.3, -0.25) is 12.1 Å². The molecule has 0 amide bonds. The predicted octanol–water partition coefficient (Wildman–Crippen LogP) is 5.69. The fourth-order valence-corrected chi connectivity index (χ4v) is 3.35. The van der Waals surface area contributed by atoms with E-state index in [4.69, 9.17) is 22.1 Å². The van der Waals surface area contributed by atoms with Gasteiger partial charge in [-0.25, -0.2) is 0 Å². The summed E-state index contributed by atoms with van der Waals surface area (Å²) in [6.45, 7) is 8.99. The number of hydrogen-bond acceptors (Lipinski definition) is 3. The van der Waals surface area contributed by atoms with Crippen LogP contribution in [0.4, 0.5) is 8.78 Å². The van der Waals surface area contributed by atoms with Crippen LogP contribution in [-0.2, 0) is 15.6 Å². The van der Waals surface area contributed by atoms with Crippen molar-refractivity contribution < 1.29 is 94.2 Å². The van der Waals surface area contributed by atoms with Gasteiger partial charge in [-0.1, -0.05) is 57.5 Å². The third-order valence-electron chi connectivity index (χ3n) is 5.00. The number of rotatable bonds is 5. The Bertz CT molecular complexity index is 1050. The van der Waals surface area contributed by atoms with E-state index in [0.717, 1.165) is 16.7 Å². The third kappa shape index (κ3) is 8.92. The van der Waals surface area contributed by atoms with E-state index in [0.29, 0.717) is 24.7 Å². The third-order valence-corrected chi connectivity index (χ3v) is 5.00. The maximum absolute atomic E-state index is 14.7. The molecule has 1 aliphatic rings. The first-order valence-electron chi connectivity index (χ1n) is 10.9. The van der Waals surface area contributed by atoms with Gasteiger partial charge in [-0.2, -0.15) is 27.0 Å². The monoisotopic (exact) mass is 977 g/mol. The summed E-state index contributed by atoms with van der Waals surface area (Å²) in [5.41, 5.74) is 2.84. The number of alkyl halides is 2. The molecule has 0 spiro atoms. The molecule has 36 heavy (non-hydrogen) atoms. The smallest absolute Gasteiger partial charge is 0.383 e. The van der Waals surface area contributed by atoms with Crippen molar-refractivity contribution >= 4 is 13.3 Å². The summed E-state index contributed by atoms with van der Waals surface area (Å²) in [7, 11) is 5.48. The molecule has 9 heteroatoms. The van der Waals surface area contributed by atoms with E-state index in [1.807, 2.05) is 38.1 Å². The average Bonchev–Trinajstić information content (AvgIpc) is 2.82. The average molecular weight is 977 g/mol. The molecule has 5 radical (unpaired) electrons. The number of aryl methyl sites for hydroxylation is 1. The van der Waals surface area contributed by atoms with Gasteiger partial charge in [0.15, 0.2) is 6.29 Å². The van der Waals surface area contributed by atoms with Gasteiger partial charge in [0.2, 0.25) is 0 Å². The minimum atomic E-state index is -3.56. The van der Waals surface area contributed by atoms with Gasteiger partial charge in [0.25, 0.3) is 0 Å². The number of benzene rings is 3. The molecule has 0 aliphatic carbocycles. The van der Waals surface area contributed by atoms with E-state index in [1.54, 1.807) is 13.0 Å². The molecule has 4 rings (SSSR count). The van der Waals surface area contributed by atoms with Gasteiger partial charge in [0.1, 0.15) is 0 Å². The van der Waals surface area contributed by atoms with Crippen molar-refractivity contribution in [2.45, 2.75) is 40.1 Å². The maximum atomic E-state index is 14.7. The Kier molecular flexibility index (Phi) is 15.3. The van der Waals surface area contributed by atoms with Gasteiger partial charge in [0.05, 0.1) is 13.2 Å². The van der Waals surface area contributed by atoms with Crippen molar-refractivity contribution in [2.75, 3.05) is 13.2 Å². The van der Waals surface area contributed by atoms with E-state index in [1.165, 1.54) is 18.2 Å². The van der Waals surface area contributed by atoms with Crippen molar-refractivity contribution in [3.63, 3.8) is 0 Å². The predicted molar refractivity (Wildman–Crippen MR) is 125 cm³/mol. The molecule has 1 heterocycles. The van der Waals surface area contributed by atoms with Crippen molar-refractivity contribution in [1.29, 1.82) is 0 Å². The Morgan fingerprint density at radius 3 is 2.03 bits per heavy atom. The summed E-state index contributed by atoms with van der Waals surface area (Å²) in [6, 6.07) is 21.3. The number of halogens is 2. The second-order valence-electron chi connectivity index (χ2n) is 7.68. The topological polar surface area (TPSA) is 27.7 Å². The number of hydrogen-bond donors (Lipinski definition) is 0. The molecule has 0 saturated carbocycles. The molecule has 0 atom stereocenters. The molecule has 3 aromatic rings. The molecule has 0 unspecified atom stereocenters. The van der Waals surface area contributed by atoms with Crippen molar-refractivity contribution in [2.24, 2.45) is 5.92 Å². The molecule has 3 nitrogen and oxygen atoms in total. The van der Waals surface area contributed by atoms with Crippen LogP contribution in [0.25, 0.3) is 11.1 Å². The van der Waals surface area contributed by atoms with Crippen LogP contribution in [-0.4, -0.2) is 21.1 Å². The first-order valence-corrected chi connectivity index (χ1v) is 10.9. The minimum Gasteiger partial charge on any atom is -0.557 e. The summed E-state index contributed by atoms with van der Waals surface area (Å²) in [5, 5.41) is 0. The molecule has 1 saturated heterocycles. The fraction of sp³-hybridized carbons (Fsp3) is 0.333. The van der Waals surface area contributed by atoms with Gasteiger partial charge in [-0.15, -0.1) is 16.9 Å². The Morgan fingerprint density at radius 1 is 0.944 bits per heavy atom. The Labute approximate surface area is 264 Å². The van der Waals surface area contributed by atoms with Crippen LogP contribution >= 0.6 is 0 Å². The number of ether oxygens (including phenoxy) is 3. The molecule has 3 aromatic carbocycles. The quantitative estimate of drug-likeness (QED) is 0.243. The van der Waals surface area contributed by atoms with Crippen LogP contribution in [0.3, 0.4) is 0 Å². The summed E-state index contributed by atoms with van der Waals surface area (Å²) in [6.07, 6.45) is -3.93. The van der Waals surface area contributed by atoms with Crippen LogP contribution in [0.1, 0.15) is 43.8 Å². The van der Waals surface area contributed by atoms with Crippen LogP contribution < -0.4 is 10.2 Å². The van der Waals surface area contributed by atoms with Crippen LogP contribution in [0.2, 0.25) is 0 Å². The zero-order valence-corrected chi connectivity index (χ0v) is 30.5. The Morgan fingerprint density at radius 2 is 1.50 bits per heavy atom. The fourth-order valence-electron chi connectivity index (χ4n) is 3.35. The molecule has 189 valence electrons. The van der Waals surface area contributed by atoms with Gasteiger partial charge in [0, 0.05) is 90.5 Å². The first-order chi connectivity index (χ1) is 15.8. The first kappa shape index (κ1) is 34.7. The molecule has 0 aromatic heterocycles. The van der Waals surface area contributed by atoms with E-state index >= 15 is 0 Å². The summed E-state index contributed by atoms with van der Waals surface area (Å²) in [5.74, 6) is 0.305. The molecular weight excluding hydrogens is 951 g/mol. The standard InChI is InChI=1S/C25H20BF2O3.C2H6.Es.2La/c1-16-14-29-24(30-15-16)19-5-3-18(4-6-19)20-7-12-23(17(2)13-20)25(27,28)31-22-10-8-21(26)9-11-22;1-2;;;/h3-7,10-11,13,16,24H,14-15H2,1-2H3;1-2H3;;;/q-3;;;;. The molecule has 1 fully saturated rings. The second kappa shape index (κ2) is 15.8. The van der Waals surface area contributed by atoms with Crippen LogP contribution in [0.15, 0.2) is 48.5 Å². The van der Waals surface area contributed by atoms with E-state index in [9.17, 15) is 8.78 Å². The van der Waals surface area contributed by atoms with Crippen molar-refractivity contribution in [3.05, 3.63) is 83.4 Å². The summed E-state index contributed by atoms with van der Waals surface area (Å²) >= 11 is 0. The van der Waals surface area contributed by atoms with Gasteiger partial charge >= 0.3 is 6.11 Å². The molecule has 1 aliphatic heterocycles. The van der Waals surface area contributed by atoms with Crippen molar-refractivity contribution in [3.8, 4) is 16.9 Å². The van der Waals surface area contributed by atoms with Crippen LogP contribution in [0.5, 0.6) is 5.75 Å². The molecular formula is C27H26BEsF2La2O3-3. The van der Waals surface area contributed by atoms with Gasteiger partial charge < -0.3 is 31.8 Å². The van der Waals surface area contributed by atoms with Crippen LogP contribution in [0, 0.1) is 102 Å². The Balaban J connectivity index is 0.00000239. The van der Waals surface area contributed by atoms with E-state index < -0.39 is 6.11 Å². The Hall–Kier alpha value is -1.31. The maximum Gasteiger partial charge on any atom is 0.383 e. The summed E-state index contributed by atoms with van der Waals surface area (Å²) < 4.78 is 45.6. The SMILES string of the molecule is CC.[B]c1[c-]cc(OC(F)(F)c2[c-]cc(-c3ccc(C4OCC(C)CO4)cc3)cc2C)c[c-]1.[Es].[La].[La]. The van der Waals surface area contributed by atoms with E-state index in [-0.39, 0.29) is 94.3 Å². The largest absolute Gasteiger partial charge is 0.557 e. The normalized spacial score (nSPS) is 16.7. The second-order valence-corrected chi connectivity index (χ2v) is 7.68. The van der Waals surface area contributed by atoms with Gasteiger partial charge in [-0.05, 0) is 5.56 Å². The summed E-state index contributed by atoms with van der Waals surface area (Å²) in [4.78, 5) is 0. The van der Waals surface area contributed by atoms with Crippen molar-refractivity contribution in [1.82, 2.24) is 0 Å². The van der Waals surface area contributed by atoms with E-state index in [2.05, 4.69) is 25.1 Å². The molecule has 0 bridgehead atoms.